The number of aliphatic imine (C=N–C) groups is 1. The van der Waals surface area contributed by atoms with Gasteiger partial charge in [-0.15, -0.1) is 0 Å². The third-order valence-corrected chi connectivity index (χ3v) is 3.75. The minimum Gasteiger partial charge on any atom is -0.360 e. The zero-order chi connectivity index (χ0) is 14.5. The highest BCUT2D eigenvalue weighted by Crippen LogP contribution is 2.41. The van der Waals surface area contributed by atoms with Crippen LogP contribution in [0, 0.1) is 0 Å². The molecule has 0 fully saturated rings. The number of aliphatic hydroxyl groups is 1. The summed E-state index contributed by atoms with van der Waals surface area (Å²) >= 11 is 0. The van der Waals surface area contributed by atoms with E-state index in [-0.39, 0.29) is 5.84 Å². The van der Waals surface area contributed by atoms with Gasteiger partial charge in [-0.3, -0.25) is 0 Å². The number of nitrogens with zero attached hydrogens (tertiary/aromatic N) is 2. The number of allylic oxidation sites excluding steroid dienone is 2. The summed E-state index contributed by atoms with van der Waals surface area (Å²) in [5, 5.41) is 9.80. The lowest BCUT2D eigenvalue weighted by Gasteiger charge is -2.33. The molecule has 5 nitrogen and oxygen atoms in total. The fraction of sp³-hybridized carbons (Fsp3) is 0.500. The third kappa shape index (κ3) is 2.39. The highest BCUT2D eigenvalue weighted by atomic mass is 32.2. The molecule has 2 aliphatic rings. The fourth-order valence-corrected chi connectivity index (χ4v) is 2.95. The van der Waals surface area contributed by atoms with Crippen molar-refractivity contribution in [2.24, 2.45) is 4.99 Å². The Morgan fingerprint density at radius 2 is 2.11 bits per heavy atom. The molecule has 9 heteroatoms. The van der Waals surface area contributed by atoms with Gasteiger partial charge in [0.05, 0.1) is 5.75 Å². The van der Waals surface area contributed by atoms with E-state index in [1.165, 1.54) is 24.4 Å². The first kappa shape index (κ1) is 14.1. The molecule has 0 saturated carbocycles. The van der Waals surface area contributed by atoms with E-state index in [1.807, 2.05) is 0 Å². The van der Waals surface area contributed by atoms with Crippen LogP contribution in [0.1, 0.15) is 0 Å². The predicted octanol–water partition coefficient (Wildman–Crippen LogP) is 0.448. The molecule has 2 heterocycles. The fourth-order valence-electron chi connectivity index (χ4n) is 1.98. The number of hydrogen-bond acceptors (Lipinski definition) is 5. The lowest BCUT2D eigenvalue weighted by Crippen LogP contribution is -2.57. The highest BCUT2D eigenvalue weighted by Gasteiger charge is 2.64. The van der Waals surface area contributed by atoms with Gasteiger partial charge < -0.3 is 10.0 Å². The van der Waals surface area contributed by atoms with Crippen LogP contribution in [0.3, 0.4) is 0 Å². The molecule has 0 saturated heterocycles. The van der Waals surface area contributed by atoms with Crippen LogP contribution in [-0.2, 0) is 9.84 Å². The van der Waals surface area contributed by atoms with E-state index in [0.29, 0.717) is 0 Å². The molecule has 0 spiro atoms. The summed E-state index contributed by atoms with van der Waals surface area (Å²) in [6.45, 7) is 0. The summed E-state index contributed by atoms with van der Waals surface area (Å²) in [4.78, 5) is 4.27. The minimum atomic E-state index is -5.06. The second kappa shape index (κ2) is 4.07. The van der Waals surface area contributed by atoms with Gasteiger partial charge in [0.25, 0.3) is 5.72 Å². The topological polar surface area (TPSA) is 70.0 Å². The smallest absolute Gasteiger partial charge is 0.360 e. The second-order valence-corrected chi connectivity index (χ2v) is 6.59. The summed E-state index contributed by atoms with van der Waals surface area (Å²) in [6, 6.07) is -1.72. The first-order valence-corrected chi connectivity index (χ1v) is 7.30. The first-order valence-electron chi connectivity index (χ1n) is 5.24. The van der Waals surface area contributed by atoms with Crippen molar-refractivity contribution in [1.82, 2.24) is 4.90 Å². The zero-order valence-corrected chi connectivity index (χ0v) is 10.6. The van der Waals surface area contributed by atoms with E-state index < -0.39 is 33.5 Å². The lowest BCUT2D eigenvalue weighted by atomic mass is 10.1. The average Bonchev–Trinajstić information content (AvgIpc) is 2.51. The standard InChI is InChI=1S/C10H11F3N2O3S/c1-19(17,18)6-7-9(16,10(11,12)13)14-8-4-2-3-5-15(7)8/h2-5,7,16H,6H2,1H3. The molecule has 0 aromatic carbocycles. The maximum Gasteiger partial charge on any atom is 0.440 e. The Labute approximate surface area is 107 Å². The van der Waals surface area contributed by atoms with Gasteiger partial charge in [-0.1, -0.05) is 6.08 Å². The number of amidine groups is 1. The molecule has 0 aliphatic carbocycles. The summed E-state index contributed by atoms with van der Waals surface area (Å²) < 4.78 is 61.5. The van der Waals surface area contributed by atoms with E-state index in [1.54, 1.807) is 0 Å². The van der Waals surface area contributed by atoms with Crippen molar-refractivity contribution >= 4 is 15.7 Å². The normalized spacial score (nSPS) is 30.5. The van der Waals surface area contributed by atoms with Crippen molar-refractivity contribution in [3.8, 4) is 0 Å². The number of alkyl halides is 3. The molecular formula is C10H11F3N2O3S. The Kier molecular flexibility index (Phi) is 3.01. The molecule has 2 atom stereocenters. The molecule has 2 aliphatic heterocycles. The van der Waals surface area contributed by atoms with E-state index >= 15 is 0 Å². The molecular weight excluding hydrogens is 285 g/mol. The quantitative estimate of drug-likeness (QED) is 0.803. The molecule has 19 heavy (non-hydrogen) atoms. The monoisotopic (exact) mass is 296 g/mol. The molecule has 0 bridgehead atoms. The average molecular weight is 296 g/mol. The molecule has 106 valence electrons. The van der Waals surface area contributed by atoms with Crippen LogP contribution in [0.2, 0.25) is 0 Å². The van der Waals surface area contributed by atoms with Crippen molar-refractivity contribution < 1.29 is 26.7 Å². The number of fused-ring (bicyclic) bond motifs is 1. The molecule has 0 radical (unpaired) electrons. The maximum absolute atomic E-state index is 13.0. The van der Waals surface area contributed by atoms with Crippen molar-refractivity contribution in [3.05, 3.63) is 24.4 Å². The number of sulfone groups is 1. The van der Waals surface area contributed by atoms with Crippen LogP contribution in [0.5, 0.6) is 0 Å². The molecule has 2 unspecified atom stereocenters. The Hall–Kier alpha value is -1.35. The van der Waals surface area contributed by atoms with E-state index in [2.05, 4.69) is 4.99 Å². The Bertz CT molecular complexity index is 579. The van der Waals surface area contributed by atoms with Crippen molar-refractivity contribution in [2.75, 3.05) is 12.0 Å². The van der Waals surface area contributed by atoms with Crippen LogP contribution in [0.15, 0.2) is 29.4 Å². The SMILES string of the molecule is CS(=O)(=O)CC1N2C=CC=CC2=NC1(O)C(F)(F)F. The Balaban J connectivity index is 2.49. The van der Waals surface area contributed by atoms with Gasteiger partial charge in [0.2, 0.25) is 0 Å². The van der Waals surface area contributed by atoms with Gasteiger partial charge in [-0.25, -0.2) is 13.4 Å². The number of hydrogen-bond donors (Lipinski definition) is 1. The summed E-state index contributed by atoms with van der Waals surface area (Å²) in [7, 11) is -3.72. The Morgan fingerprint density at radius 1 is 1.47 bits per heavy atom. The van der Waals surface area contributed by atoms with E-state index in [4.69, 9.17) is 0 Å². The highest BCUT2D eigenvalue weighted by molar-refractivity contribution is 7.90. The van der Waals surface area contributed by atoms with Gasteiger partial charge in [-0.05, 0) is 12.2 Å². The summed E-state index contributed by atoms with van der Waals surface area (Å²) in [5.74, 6) is -0.968. The van der Waals surface area contributed by atoms with Gasteiger partial charge in [0, 0.05) is 12.5 Å². The third-order valence-electron chi connectivity index (χ3n) is 2.83. The van der Waals surface area contributed by atoms with E-state index in [0.717, 1.165) is 11.2 Å². The largest absolute Gasteiger partial charge is 0.440 e. The van der Waals surface area contributed by atoms with Crippen LogP contribution >= 0.6 is 0 Å². The number of rotatable bonds is 2. The molecule has 0 aromatic heterocycles. The van der Waals surface area contributed by atoms with Crippen molar-refractivity contribution in [2.45, 2.75) is 17.9 Å². The van der Waals surface area contributed by atoms with Gasteiger partial charge in [0.1, 0.15) is 21.7 Å². The van der Waals surface area contributed by atoms with Gasteiger partial charge in [0.15, 0.2) is 0 Å². The number of halogens is 3. The lowest BCUT2D eigenvalue weighted by molar-refractivity contribution is -0.264. The summed E-state index contributed by atoms with van der Waals surface area (Å²) in [5.41, 5.74) is -3.43. The zero-order valence-electron chi connectivity index (χ0n) is 9.79. The van der Waals surface area contributed by atoms with Gasteiger partial charge in [-0.2, -0.15) is 13.2 Å². The van der Waals surface area contributed by atoms with Gasteiger partial charge >= 0.3 is 6.18 Å². The van der Waals surface area contributed by atoms with Crippen molar-refractivity contribution in [1.29, 1.82) is 0 Å². The molecule has 1 N–H and O–H groups in total. The molecule has 2 rings (SSSR count). The minimum absolute atomic E-state index is 0.115. The second-order valence-electron chi connectivity index (χ2n) is 4.41. The van der Waals surface area contributed by atoms with Crippen molar-refractivity contribution in [3.63, 3.8) is 0 Å². The predicted molar refractivity (Wildman–Crippen MR) is 62.1 cm³/mol. The maximum atomic E-state index is 13.0. The van der Waals surface area contributed by atoms with Crippen LogP contribution in [0.4, 0.5) is 13.2 Å². The Morgan fingerprint density at radius 3 is 2.63 bits per heavy atom. The first-order chi connectivity index (χ1) is 8.55. The molecule has 0 amide bonds. The van der Waals surface area contributed by atoms with Crippen LogP contribution < -0.4 is 0 Å². The molecule has 0 aromatic rings. The van der Waals surface area contributed by atoms with Crippen LogP contribution in [-0.4, -0.2) is 54.2 Å². The van der Waals surface area contributed by atoms with E-state index in [9.17, 15) is 26.7 Å². The summed E-state index contributed by atoms with van der Waals surface area (Å²) in [6.07, 6.45) is 1.18. The van der Waals surface area contributed by atoms with Crippen LogP contribution in [0.25, 0.3) is 0 Å².